The van der Waals surface area contributed by atoms with E-state index in [0.29, 0.717) is 5.02 Å². The number of halogens is 1. The van der Waals surface area contributed by atoms with Crippen LogP contribution in [0.5, 0.6) is 11.5 Å². The van der Waals surface area contributed by atoms with E-state index < -0.39 is 0 Å². The molecule has 2 nitrogen and oxygen atoms in total. The smallest absolute Gasteiger partial charge is 0.134 e. The van der Waals surface area contributed by atoms with Crippen LogP contribution in [0.25, 0.3) is 21.5 Å². The Bertz CT molecular complexity index is 765. The Morgan fingerprint density at radius 2 is 1.26 bits per heavy atom. The molecule has 19 heavy (non-hydrogen) atoms. The van der Waals surface area contributed by atoms with Crippen LogP contribution in [0.15, 0.2) is 42.5 Å². The van der Waals surface area contributed by atoms with Gasteiger partial charge in [0.2, 0.25) is 0 Å². The van der Waals surface area contributed by atoms with Crippen molar-refractivity contribution in [2.24, 2.45) is 0 Å². The molecule has 0 aliphatic carbocycles. The van der Waals surface area contributed by atoms with Crippen molar-refractivity contribution in [1.29, 1.82) is 0 Å². The number of rotatable bonds is 2. The topological polar surface area (TPSA) is 18.5 Å². The zero-order valence-electron chi connectivity index (χ0n) is 10.7. The van der Waals surface area contributed by atoms with Gasteiger partial charge in [-0.25, -0.2) is 0 Å². The molecule has 0 spiro atoms. The maximum Gasteiger partial charge on any atom is 0.134 e. The Balaban J connectivity index is 2.60. The van der Waals surface area contributed by atoms with Crippen molar-refractivity contribution < 1.29 is 9.47 Å². The molecule has 0 radical (unpaired) electrons. The number of hydrogen-bond acceptors (Lipinski definition) is 2. The van der Waals surface area contributed by atoms with Crippen LogP contribution in [0.1, 0.15) is 0 Å². The van der Waals surface area contributed by atoms with E-state index in [1.165, 1.54) is 0 Å². The van der Waals surface area contributed by atoms with Gasteiger partial charge in [-0.05, 0) is 18.2 Å². The molecule has 0 atom stereocenters. The Morgan fingerprint density at radius 3 is 1.84 bits per heavy atom. The molecule has 0 aliphatic heterocycles. The summed E-state index contributed by atoms with van der Waals surface area (Å²) in [6.07, 6.45) is 0. The van der Waals surface area contributed by atoms with E-state index in [0.717, 1.165) is 33.0 Å². The van der Waals surface area contributed by atoms with E-state index in [1.807, 2.05) is 42.5 Å². The highest BCUT2D eigenvalue weighted by Crippen LogP contribution is 2.43. The molecule has 3 aromatic carbocycles. The molecule has 0 fully saturated rings. The molecule has 0 saturated carbocycles. The van der Waals surface area contributed by atoms with Gasteiger partial charge in [0.25, 0.3) is 0 Å². The molecule has 0 bridgehead atoms. The summed E-state index contributed by atoms with van der Waals surface area (Å²) < 4.78 is 11.2. The molecule has 0 amide bonds. The van der Waals surface area contributed by atoms with Gasteiger partial charge in [0.1, 0.15) is 11.5 Å². The average molecular weight is 273 g/mol. The predicted octanol–water partition coefficient (Wildman–Crippen LogP) is 4.66. The summed E-state index contributed by atoms with van der Waals surface area (Å²) in [6, 6.07) is 13.8. The maximum atomic E-state index is 6.10. The quantitative estimate of drug-likeness (QED) is 0.632. The first-order valence-corrected chi connectivity index (χ1v) is 6.36. The molecule has 0 unspecified atom stereocenters. The molecule has 0 aliphatic rings. The van der Waals surface area contributed by atoms with Crippen molar-refractivity contribution in [2.75, 3.05) is 14.2 Å². The van der Waals surface area contributed by atoms with Crippen molar-refractivity contribution in [1.82, 2.24) is 0 Å². The van der Waals surface area contributed by atoms with Crippen LogP contribution in [-0.2, 0) is 0 Å². The molecule has 0 saturated heterocycles. The minimum absolute atomic E-state index is 0.683. The SMILES string of the molecule is COc1c2ccccc2c(OC)c2cc(Cl)ccc12. The van der Waals surface area contributed by atoms with Crippen LogP contribution in [0.4, 0.5) is 0 Å². The van der Waals surface area contributed by atoms with Gasteiger partial charge < -0.3 is 9.47 Å². The summed E-state index contributed by atoms with van der Waals surface area (Å²) in [7, 11) is 3.36. The molecule has 0 N–H and O–H groups in total. The molecular weight excluding hydrogens is 260 g/mol. The molecule has 96 valence electrons. The van der Waals surface area contributed by atoms with Crippen LogP contribution in [0.2, 0.25) is 5.02 Å². The van der Waals surface area contributed by atoms with Gasteiger partial charge in [0.05, 0.1) is 14.2 Å². The summed E-state index contributed by atoms with van der Waals surface area (Å²) in [5, 5.41) is 4.71. The minimum Gasteiger partial charge on any atom is -0.495 e. The van der Waals surface area contributed by atoms with E-state index in [2.05, 4.69) is 0 Å². The minimum atomic E-state index is 0.683. The van der Waals surface area contributed by atoms with Gasteiger partial charge in [-0.2, -0.15) is 0 Å². The highest BCUT2D eigenvalue weighted by atomic mass is 35.5. The van der Waals surface area contributed by atoms with E-state index in [1.54, 1.807) is 14.2 Å². The number of ether oxygens (including phenoxy) is 2. The molecular formula is C16H13ClO2. The van der Waals surface area contributed by atoms with Gasteiger partial charge in [-0.1, -0.05) is 35.9 Å². The Labute approximate surface area is 116 Å². The third kappa shape index (κ3) is 1.80. The highest BCUT2D eigenvalue weighted by molar-refractivity contribution is 6.31. The number of benzene rings is 3. The van der Waals surface area contributed by atoms with Crippen LogP contribution in [0.3, 0.4) is 0 Å². The molecule has 3 heteroatoms. The lowest BCUT2D eigenvalue weighted by molar-refractivity contribution is 0.417. The van der Waals surface area contributed by atoms with Crippen LogP contribution in [-0.4, -0.2) is 14.2 Å². The van der Waals surface area contributed by atoms with Crippen molar-refractivity contribution in [3.63, 3.8) is 0 Å². The van der Waals surface area contributed by atoms with Gasteiger partial charge in [-0.15, -0.1) is 0 Å². The normalized spacial score (nSPS) is 10.9. The molecule has 3 aromatic rings. The third-order valence-electron chi connectivity index (χ3n) is 3.30. The zero-order valence-corrected chi connectivity index (χ0v) is 11.5. The largest absolute Gasteiger partial charge is 0.495 e. The standard InChI is InChI=1S/C16H13ClO2/c1-18-15-11-5-3-4-6-12(11)16(19-2)14-9-10(17)7-8-13(14)15/h3-9H,1-2H3. The predicted molar refractivity (Wildman–Crippen MR) is 79.6 cm³/mol. The van der Waals surface area contributed by atoms with Crippen molar-refractivity contribution in [3.05, 3.63) is 47.5 Å². The first-order valence-electron chi connectivity index (χ1n) is 5.98. The molecule has 3 rings (SSSR count). The summed E-state index contributed by atoms with van der Waals surface area (Å²) >= 11 is 6.10. The van der Waals surface area contributed by atoms with Crippen LogP contribution >= 0.6 is 11.6 Å². The van der Waals surface area contributed by atoms with E-state index in [9.17, 15) is 0 Å². The molecule has 0 heterocycles. The van der Waals surface area contributed by atoms with Crippen molar-refractivity contribution in [3.8, 4) is 11.5 Å². The highest BCUT2D eigenvalue weighted by Gasteiger charge is 2.14. The maximum absolute atomic E-state index is 6.10. The van der Waals surface area contributed by atoms with Crippen LogP contribution < -0.4 is 9.47 Å². The molecule has 0 aromatic heterocycles. The first kappa shape index (κ1) is 12.1. The monoisotopic (exact) mass is 272 g/mol. The number of hydrogen-bond donors (Lipinski definition) is 0. The summed E-state index contributed by atoms with van der Waals surface area (Å²) in [6.45, 7) is 0. The fraction of sp³-hybridized carbons (Fsp3) is 0.125. The average Bonchev–Trinajstić information content (AvgIpc) is 2.44. The zero-order chi connectivity index (χ0) is 13.4. The van der Waals surface area contributed by atoms with E-state index >= 15 is 0 Å². The van der Waals surface area contributed by atoms with Gasteiger partial charge in [-0.3, -0.25) is 0 Å². The lowest BCUT2D eigenvalue weighted by Crippen LogP contribution is -1.92. The third-order valence-corrected chi connectivity index (χ3v) is 3.53. The summed E-state index contributed by atoms with van der Waals surface area (Å²) in [4.78, 5) is 0. The second-order valence-electron chi connectivity index (χ2n) is 4.30. The number of fused-ring (bicyclic) bond motifs is 2. The lowest BCUT2D eigenvalue weighted by atomic mass is 10.0. The Morgan fingerprint density at radius 1 is 0.737 bits per heavy atom. The van der Waals surface area contributed by atoms with Gasteiger partial charge in [0, 0.05) is 26.6 Å². The Kier molecular flexibility index (Phi) is 2.96. The van der Waals surface area contributed by atoms with Gasteiger partial charge in [0.15, 0.2) is 0 Å². The fourth-order valence-corrected chi connectivity index (χ4v) is 2.68. The lowest BCUT2D eigenvalue weighted by Gasteiger charge is -2.14. The summed E-state index contributed by atoms with van der Waals surface area (Å²) in [5.74, 6) is 1.68. The fourth-order valence-electron chi connectivity index (χ4n) is 2.51. The Hall–Kier alpha value is -1.93. The first-order chi connectivity index (χ1) is 9.26. The second kappa shape index (κ2) is 4.63. The van der Waals surface area contributed by atoms with Crippen molar-refractivity contribution in [2.45, 2.75) is 0 Å². The van der Waals surface area contributed by atoms with Crippen molar-refractivity contribution >= 4 is 33.1 Å². The second-order valence-corrected chi connectivity index (χ2v) is 4.74. The van der Waals surface area contributed by atoms with Gasteiger partial charge >= 0.3 is 0 Å². The van der Waals surface area contributed by atoms with E-state index in [-0.39, 0.29) is 0 Å². The summed E-state index contributed by atoms with van der Waals surface area (Å²) in [5.41, 5.74) is 0. The van der Waals surface area contributed by atoms with E-state index in [4.69, 9.17) is 21.1 Å². The number of methoxy groups -OCH3 is 2. The van der Waals surface area contributed by atoms with Crippen LogP contribution in [0, 0.1) is 0 Å².